The zero-order valence-electron chi connectivity index (χ0n) is 17.5. The first-order valence-corrected chi connectivity index (χ1v) is 11.6. The molecule has 5 nitrogen and oxygen atoms in total. The first-order valence-electron chi connectivity index (χ1n) is 10.7. The predicted octanol–water partition coefficient (Wildman–Crippen LogP) is 4.90. The van der Waals surface area contributed by atoms with Crippen LogP contribution in [0.2, 0.25) is 0 Å². The van der Waals surface area contributed by atoms with Crippen molar-refractivity contribution in [1.82, 2.24) is 4.98 Å². The van der Waals surface area contributed by atoms with E-state index in [1.807, 2.05) is 17.3 Å². The number of amides is 2. The maximum absolute atomic E-state index is 12.7. The van der Waals surface area contributed by atoms with Gasteiger partial charge in [-0.05, 0) is 56.2 Å². The van der Waals surface area contributed by atoms with Gasteiger partial charge >= 0.3 is 0 Å². The Morgan fingerprint density at radius 3 is 2.72 bits per heavy atom. The maximum Gasteiger partial charge on any atom is 0.231 e. The van der Waals surface area contributed by atoms with E-state index in [4.69, 9.17) is 4.98 Å². The van der Waals surface area contributed by atoms with Crippen LogP contribution in [0.15, 0.2) is 23.6 Å². The third-order valence-electron chi connectivity index (χ3n) is 6.13. The quantitative estimate of drug-likeness (QED) is 0.679. The number of rotatable bonds is 6. The average molecular weight is 412 g/mol. The van der Waals surface area contributed by atoms with Crippen LogP contribution < -0.4 is 9.80 Å². The average Bonchev–Trinajstić information content (AvgIpc) is 3.49. The van der Waals surface area contributed by atoms with Crippen LogP contribution in [-0.2, 0) is 16.0 Å². The number of carbonyl (C=O) groups excluding carboxylic acids is 2. The fraction of sp³-hybridized carbons (Fsp3) is 0.522. The Morgan fingerprint density at radius 1 is 1.28 bits per heavy atom. The highest BCUT2D eigenvalue weighted by Crippen LogP contribution is 2.38. The highest BCUT2D eigenvalue weighted by molar-refractivity contribution is 7.14. The van der Waals surface area contributed by atoms with Crippen LogP contribution in [0.3, 0.4) is 0 Å². The summed E-state index contributed by atoms with van der Waals surface area (Å²) in [6, 6.07) is 6.30. The number of hydrogen-bond acceptors (Lipinski definition) is 4. The molecule has 6 heteroatoms. The molecule has 1 aromatic heterocycles. The monoisotopic (exact) mass is 411 g/mol. The number of anilines is 2. The molecule has 1 fully saturated rings. The van der Waals surface area contributed by atoms with Crippen molar-refractivity contribution in [2.24, 2.45) is 11.8 Å². The van der Waals surface area contributed by atoms with Gasteiger partial charge in [0, 0.05) is 42.1 Å². The van der Waals surface area contributed by atoms with Gasteiger partial charge in [0.1, 0.15) is 0 Å². The van der Waals surface area contributed by atoms with Crippen molar-refractivity contribution in [3.05, 3.63) is 29.1 Å². The molecular weight excluding hydrogens is 382 g/mol. The Morgan fingerprint density at radius 2 is 2.03 bits per heavy atom. The molecule has 4 rings (SSSR count). The number of hydrogen-bond donors (Lipinski definition) is 0. The van der Waals surface area contributed by atoms with Crippen molar-refractivity contribution in [2.45, 2.75) is 52.4 Å². The van der Waals surface area contributed by atoms with Crippen LogP contribution in [0.4, 0.5) is 10.8 Å². The van der Waals surface area contributed by atoms with Crippen molar-refractivity contribution in [3.63, 3.8) is 0 Å². The van der Waals surface area contributed by atoms with Gasteiger partial charge in [-0.2, -0.15) is 0 Å². The van der Waals surface area contributed by atoms with Gasteiger partial charge < -0.3 is 4.90 Å². The zero-order valence-corrected chi connectivity index (χ0v) is 18.3. The fourth-order valence-corrected chi connectivity index (χ4v) is 4.90. The number of aromatic nitrogens is 1. The molecule has 0 spiro atoms. The van der Waals surface area contributed by atoms with E-state index in [2.05, 4.69) is 32.0 Å². The standard InChI is InChI=1S/C23H29N3O2S/c1-4-15(5-2)21(27)25(3)23-24-19(14-29-23)17-10-11-20-18(13-17)7-6-12-26(20)22(28)16-8-9-16/h10-11,13-16H,4-9,12H2,1-3H3. The first-order chi connectivity index (χ1) is 14.0. The van der Waals surface area contributed by atoms with E-state index in [9.17, 15) is 9.59 Å². The third-order valence-corrected chi connectivity index (χ3v) is 7.05. The van der Waals surface area contributed by atoms with Gasteiger partial charge in [0.05, 0.1) is 5.69 Å². The molecule has 0 N–H and O–H groups in total. The highest BCUT2D eigenvalue weighted by Gasteiger charge is 2.35. The van der Waals surface area contributed by atoms with Crippen molar-refractivity contribution in [3.8, 4) is 11.3 Å². The Balaban J connectivity index is 1.56. The van der Waals surface area contributed by atoms with Crippen molar-refractivity contribution < 1.29 is 9.59 Å². The van der Waals surface area contributed by atoms with Crippen LogP contribution in [-0.4, -0.2) is 30.4 Å². The molecule has 2 aromatic rings. The topological polar surface area (TPSA) is 53.5 Å². The summed E-state index contributed by atoms with van der Waals surface area (Å²) in [6.45, 7) is 4.93. The third kappa shape index (κ3) is 3.95. The molecule has 0 bridgehead atoms. The Bertz CT molecular complexity index is 915. The minimum Gasteiger partial charge on any atom is -0.312 e. The van der Waals surface area contributed by atoms with Crippen LogP contribution in [0.1, 0.15) is 51.5 Å². The molecule has 1 saturated carbocycles. The molecule has 2 aliphatic rings. The molecule has 0 saturated heterocycles. The second-order valence-corrected chi connectivity index (χ2v) is 8.97. The second kappa shape index (κ2) is 8.27. The van der Waals surface area contributed by atoms with E-state index in [-0.39, 0.29) is 23.7 Å². The summed E-state index contributed by atoms with van der Waals surface area (Å²) < 4.78 is 0. The van der Waals surface area contributed by atoms with Crippen LogP contribution >= 0.6 is 11.3 Å². The van der Waals surface area contributed by atoms with E-state index < -0.39 is 0 Å². The molecule has 0 unspecified atom stereocenters. The lowest BCUT2D eigenvalue weighted by Gasteiger charge is -2.30. The Labute approximate surface area is 176 Å². The second-order valence-electron chi connectivity index (χ2n) is 8.14. The van der Waals surface area contributed by atoms with Gasteiger partial charge in [-0.3, -0.25) is 14.5 Å². The lowest BCUT2D eigenvalue weighted by atomic mass is 9.98. The van der Waals surface area contributed by atoms with Gasteiger partial charge in [0.25, 0.3) is 0 Å². The van der Waals surface area contributed by atoms with E-state index in [0.29, 0.717) is 0 Å². The highest BCUT2D eigenvalue weighted by atomic mass is 32.1. The number of fused-ring (bicyclic) bond motifs is 1. The molecule has 1 aliphatic heterocycles. The molecule has 29 heavy (non-hydrogen) atoms. The molecule has 2 heterocycles. The van der Waals surface area contributed by atoms with Gasteiger partial charge in [0.15, 0.2) is 5.13 Å². The van der Waals surface area contributed by atoms with Crippen molar-refractivity contribution >= 4 is 34.0 Å². The molecule has 154 valence electrons. The van der Waals surface area contributed by atoms with E-state index in [0.717, 1.165) is 67.1 Å². The number of benzene rings is 1. The van der Waals surface area contributed by atoms with E-state index >= 15 is 0 Å². The Hall–Kier alpha value is -2.21. The summed E-state index contributed by atoms with van der Waals surface area (Å²) in [7, 11) is 1.82. The molecule has 2 amide bonds. The minimum absolute atomic E-state index is 0.0473. The van der Waals surface area contributed by atoms with Crippen LogP contribution in [0, 0.1) is 11.8 Å². The number of aryl methyl sites for hydroxylation is 1. The number of thiazole rings is 1. The molecule has 1 aliphatic carbocycles. The van der Waals surface area contributed by atoms with Gasteiger partial charge in [-0.25, -0.2) is 4.98 Å². The molecular formula is C23H29N3O2S. The summed E-state index contributed by atoms with van der Waals surface area (Å²) >= 11 is 1.50. The first kappa shape index (κ1) is 20.1. The van der Waals surface area contributed by atoms with Crippen LogP contribution in [0.5, 0.6) is 0 Å². The largest absolute Gasteiger partial charge is 0.312 e. The van der Waals surface area contributed by atoms with Gasteiger partial charge in [-0.1, -0.05) is 19.9 Å². The molecule has 0 radical (unpaired) electrons. The van der Waals surface area contributed by atoms with E-state index in [1.54, 1.807) is 4.90 Å². The van der Waals surface area contributed by atoms with Gasteiger partial charge in [-0.15, -0.1) is 11.3 Å². The van der Waals surface area contributed by atoms with E-state index in [1.165, 1.54) is 16.9 Å². The lowest BCUT2D eigenvalue weighted by Crippen LogP contribution is -2.36. The fourth-order valence-electron chi connectivity index (χ4n) is 4.09. The van der Waals surface area contributed by atoms with Gasteiger partial charge in [0.2, 0.25) is 11.8 Å². The molecule has 0 atom stereocenters. The van der Waals surface area contributed by atoms with Crippen molar-refractivity contribution in [1.29, 1.82) is 0 Å². The maximum atomic E-state index is 12.7. The summed E-state index contributed by atoms with van der Waals surface area (Å²) in [5.74, 6) is 0.711. The Kier molecular flexibility index (Phi) is 5.72. The summed E-state index contributed by atoms with van der Waals surface area (Å²) in [5.41, 5.74) is 4.23. The SMILES string of the molecule is CCC(CC)C(=O)N(C)c1nc(-c2ccc3c(c2)CCCN3C(=O)C2CC2)cs1. The lowest BCUT2D eigenvalue weighted by molar-refractivity contribution is -0.122. The summed E-state index contributed by atoms with van der Waals surface area (Å²) in [4.78, 5) is 33.7. The number of carbonyl (C=O) groups is 2. The minimum atomic E-state index is 0.0473. The zero-order chi connectivity index (χ0) is 20.5. The number of nitrogens with zero attached hydrogens (tertiary/aromatic N) is 3. The van der Waals surface area contributed by atoms with Crippen molar-refractivity contribution in [2.75, 3.05) is 23.4 Å². The summed E-state index contributed by atoms with van der Waals surface area (Å²) in [6.07, 6.45) is 5.75. The molecule has 1 aromatic carbocycles. The summed E-state index contributed by atoms with van der Waals surface area (Å²) in [5, 5.41) is 2.75. The normalized spacial score (nSPS) is 16.1. The van der Waals surface area contributed by atoms with Crippen LogP contribution in [0.25, 0.3) is 11.3 Å². The smallest absolute Gasteiger partial charge is 0.231 e. The predicted molar refractivity (Wildman–Crippen MR) is 118 cm³/mol.